The van der Waals surface area contributed by atoms with Crippen LogP contribution in [0.15, 0.2) is 82.1 Å². The van der Waals surface area contributed by atoms with Crippen LogP contribution in [-0.2, 0) is 9.53 Å². The summed E-state index contributed by atoms with van der Waals surface area (Å²) in [7, 11) is 3.09. The van der Waals surface area contributed by atoms with E-state index in [2.05, 4.69) is 0 Å². The van der Waals surface area contributed by atoms with Crippen molar-refractivity contribution in [2.75, 3.05) is 27.4 Å². The van der Waals surface area contributed by atoms with Crippen molar-refractivity contribution in [2.24, 2.45) is 4.99 Å². The van der Waals surface area contributed by atoms with Crippen LogP contribution in [0.3, 0.4) is 0 Å². The fourth-order valence-corrected chi connectivity index (χ4v) is 6.17. The summed E-state index contributed by atoms with van der Waals surface area (Å²) < 4.78 is 30.4. The molecule has 45 heavy (non-hydrogen) atoms. The number of carbonyl (C=O) groups is 1. The predicted molar refractivity (Wildman–Crippen MR) is 174 cm³/mol. The Labute approximate surface area is 265 Å². The van der Waals surface area contributed by atoms with Crippen LogP contribution in [0, 0.1) is 0 Å². The van der Waals surface area contributed by atoms with Crippen molar-refractivity contribution in [3.05, 3.63) is 109 Å². The molecule has 0 bridgehead atoms. The fraction of sp³-hybridized carbons (Fsp3) is 0.286. The largest absolute Gasteiger partial charge is 0.493 e. The van der Waals surface area contributed by atoms with Gasteiger partial charge in [-0.1, -0.05) is 53.8 Å². The molecule has 2 heterocycles. The van der Waals surface area contributed by atoms with Crippen molar-refractivity contribution in [2.45, 2.75) is 39.8 Å². The number of rotatable bonds is 11. The molecule has 0 N–H and O–H groups in total. The van der Waals surface area contributed by atoms with Gasteiger partial charge in [0.25, 0.3) is 5.56 Å². The number of carbonyl (C=O) groups excluding carboxylic acids is 1. The lowest BCUT2D eigenvalue weighted by molar-refractivity contribution is -0.138. The zero-order valence-electron chi connectivity index (χ0n) is 26.2. The van der Waals surface area contributed by atoms with Crippen molar-refractivity contribution in [3.63, 3.8) is 0 Å². The van der Waals surface area contributed by atoms with E-state index in [1.165, 1.54) is 11.3 Å². The van der Waals surface area contributed by atoms with E-state index < -0.39 is 12.0 Å². The van der Waals surface area contributed by atoms with Crippen LogP contribution in [0.5, 0.6) is 23.0 Å². The maximum atomic E-state index is 14.3. The Morgan fingerprint density at radius 2 is 1.67 bits per heavy atom. The zero-order valence-corrected chi connectivity index (χ0v) is 27.0. The van der Waals surface area contributed by atoms with E-state index in [1.54, 1.807) is 43.9 Å². The van der Waals surface area contributed by atoms with Gasteiger partial charge < -0.3 is 23.7 Å². The minimum absolute atomic E-state index is 0.0253. The van der Waals surface area contributed by atoms with Gasteiger partial charge in [0.15, 0.2) is 27.8 Å². The third-order valence-corrected chi connectivity index (χ3v) is 8.01. The number of hydrogen-bond donors (Lipinski definition) is 0. The topological polar surface area (TPSA) is 97.6 Å². The summed E-state index contributed by atoms with van der Waals surface area (Å²) in [5.74, 6) is 1.65. The first-order chi connectivity index (χ1) is 21.8. The molecule has 0 saturated heterocycles. The Bertz CT molecular complexity index is 1910. The monoisotopic (exact) mass is 628 g/mol. The Hall–Kier alpha value is -4.83. The van der Waals surface area contributed by atoms with Crippen LogP contribution in [0.2, 0.25) is 0 Å². The second-order valence-electron chi connectivity index (χ2n) is 10.4. The van der Waals surface area contributed by atoms with Crippen LogP contribution in [0.4, 0.5) is 0 Å². The van der Waals surface area contributed by atoms with Gasteiger partial charge in [0.2, 0.25) is 0 Å². The van der Waals surface area contributed by atoms with Crippen molar-refractivity contribution < 1.29 is 28.5 Å². The van der Waals surface area contributed by atoms with Crippen molar-refractivity contribution in [1.82, 2.24) is 4.57 Å². The Balaban J connectivity index is 1.78. The van der Waals surface area contributed by atoms with Crippen LogP contribution in [-0.4, -0.2) is 44.1 Å². The first-order valence-electron chi connectivity index (χ1n) is 14.7. The quantitative estimate of drug-likeness (QED) is 0.212. The molecule has 1 aliphatic rings. The zero-order chi connectivity index (χ0) is 32.1. The number of nitrogens with zero attached hydrogens (tertiary/aromatic N) is 2. The molecule has 0 saturated carbocycles. The molecule has 1 aromatic heterocycles. The molecule has 0 unspecified atom stereocenters. The molecule has 234 valence electrons. The van der Waals surface area contributed by atoms with E-state index >= 15 is 0 Å². The first-order valence-corrected chi connectivity index (χ1v) is 15.5. The molecular formula is C35H36N2O7S. The number of methoxy groups -OCH3 is 2. The summed E-state index contributed by atoms with van der Waals surface area (Å²) in [4.78, 5) is 33.4. The molecule has 0 amide bonds. The standard InChI is InChI=1S/C35H36N2O7S/c1-7-42-28-18-22(14-16-26(28)44-21(3)4)19-29-33(38)37-32(24-15-17-25(40-5)27(20-24)41-6)30(34(39)43-8-2)31(36-35(37)45-29)23-12-10-9-11-13-23/h9-21,32H,7-8H2,1-6H3/b29-19-/t32-/m1/s1. The second kappa shape index (κ2) is 13.9. The molecule has 4 aromatic rings. The average Bonchev–Trinajstić information content (AvgIpc) is 3.35. The Kier molecular flexibility index (Phi) is 9.73. The van der Waals surface area contributed by atoms with Crippen molar-refractivity contribution >= 4 is 29.1 Å². The molecule has 0 aliphatic carbocycles. The van der Waals surface area contributed by atoms with Crippen LogP contribution >= 0.6 is 11.3 Å². The summed E-state index contributed by atoms with van der Waals surface area (Å²) >= 11 is 1.25. The molecule has 0 spiro atoms. The normalized spacial score (nSPS) is 14.6. The average molecular weight is 629 g/mol. The molecule has 1 aliphatic heterocycles. The SMILES string of the molecule is CCOC(=O)C1=C(c2ccccc2)N=c2s/c(=C\c3ccc(OC(C)C)c(OCC)c3)c(=O)n2[C@@H]1c1ccc(OC)c(OC)c1. The van der Waals surface area contributed by atoms with Gasteiger partial charge >= 0.3 is 5.97 Å². The first kappa shape index (κ1) is 31.6. The summed E-state index contributed by atoms with van der Waals surface area (Å²) in [6.45, 7) is 8.18. The van der Waals surface area contributed by atoms with E-state index in [0.717, 1.165) is 11.1 Å². The third kappa shape index (κ3) is 6.51. The molecule has 1 atom stereocenters. The molecule has 9 nitrogen and oxygen atoms in total. The maximum Gasteiger partial charge on any atom is 0.338 e. The number of hydrogen-bond acceptors (Lipinski definition) is 9. The number of fused-ring (bicyclic) bond motifs is 1. The summed E-state index contributed by atoms with van der Waals surface area (Å²) in [6, 6.07) is 19.5. The van der Waals surface area contributed by atoms with E-state index in [-0.39, 0.29) is 23.8 Å². The van der Waals surface area contributed by atoms with E-state index in [1.807, 2.05) is 75.4 Å². The smallest absolute Gasteiger partial charge is 0.338 e. The van der Waals surface area contributed by atoms with Crippen molar-refractivity contribution in [1.29, 1.82) is 0 Å². The lowest BCUT2D eigenvalue weighted by Crippen LogP contribution is -2.40. The Morgan fingerprint density at radius 1 is 0.933 bits per heavy atom. The van der Waals surface area contributed by atoms with Crippen molar-refractivity contribution in [3.8, 4) is 23.0 Å². The molecule has 10 heteroatoms. The van der Waals surface area contributed by atoms with Crippen LogP contribution in [0.25, 0.3) is 11.8 Å². The van der Waals surface area contributed by atoms with Gasteiger partial charge in [-0.3, -0.25) is 9.36 Å². The van der Waals surface area contributed by atoms with Gasteiger partial charge in [-0.25, -0.2) is 9.79 Å². The van der Waals surface area contributed by atoms with Gasteiger partial charge in [-0.15, -0.1) is 0 Å². The highest BCUT2D eigenvalue weighted by Gasteiger charge is 2.35. The number of esters is 1. The number of ether oxygens (including phenoxy) is 5. The summed E-state index contributed by atoms with van der Waals surface area (Å²) in [5.41, 5.74) is 2.52. The van der Waals surface area contributed by atoms with Gasteiger partial charge in [0.1, 0.15) is 0 Å². The van der Waals surface area contributed by atoms with Gasteiger partial charge in [-0.2, -0.15) is 0 Å². The van der Waals surface area contributed by atoms with Crippen LogP contribution < -0.4 is 33.8 Å². The number of thiazole rings is 1. The second-order valence-corrected chi connectivity index (χ2v) is 11.4. The third-order valence-electron chi connectivity index (χ3n) is 7.03. The summed E-state index contributed by atoms with van der Waals surface area (Å²) in [6.07, 6.45) is 1.77. The minimum Gasteiger partial charge on any atom is -0.493 e. The van der Waals surface area contributed by atoms with Gasteiger partial charge in [0.05, 0.1) is 55.4 Å². The molecule has 0 radical (unpaired) electrons. The lowest BCUT2D eigenvalue weighted by Gasteiger charge is -2.26. The van der Waals surface area contributed by atoms with Crippen LogP contribution in [0.1, 0.15) is 50.4 Å². The van der Waals surface area contributed by atoms with E-state index in [4.69, 9.17) is 28.7 Å². The minimum atomic E-state index is -0.849. The number of aromatic nitrogens is 1. The van der Waals surface area contributed by atoms with Gasteiger partial charge in [-0.05, 0) is 69.2 Å². The van der Waals surface area contributed by atoms with Gasteiger partial charge in [0, 0.05) is 5.56 Å². The molecule has 5 rings (SSSR count). The highest BCUT2D eigenvalue weighted by molar-refractivity contribution is 7.07. The molecule has 0 fully saturated rings. The summed E-state index contributed by atoms with van der Waals surface area (Å²) in [5, 5.41) is 0. The van der Waals surface area contributed by atoms with E-state index in [9.17, 15) is 9.59 Å². The predicted octanol–water partition coefficient (Wildman–Crippen LogP) is 5.14. The fourth-order valence-electron chi connectivity index (χ4n) is 5.16. The number of benzene rings is 3. The maximum absolute atomic E-state index is 14.3. The van der Waals surface area contributed by atoms with E-state index in [0.29, 0.717) is 50.2 Å². The highest BCUT2D eigenvalue weighted by Crippen LogP contribution is 2.38. The Morgan fingerprint density at radius 3 is 2.33 bits per heavy atom. The molecule has 3 aromatic carbocycles. The highest BCUT2D eigenvalue weighted by atomic mass is 32.1. The lowest BCUT2D eigenvalue weighted by atomic mass is 9.93. The molecular weight excluding hydrogens is 592 g/mol.